The largest absolute Gasteiger partial charge is 0.487 e. The van der Waals surface area contributed by atoms with Gasteiger partial charge in [0.25, 0.3) is 5.91 Å². The third-order valence-corrected chi connectivity index (χ3v) is 4.64. The highest BCUT2D eigenvalue weighted by Crippen LogP contribution is 2.19. The van der Waals surface area contributed by atoms with Crippen molar-refractivity contribution < 1.29 is 13.9 Å². The molecule has 4 rings (SSSR count). The van der Waals surface area contributed by atoms with Crippen LogP contribution in [0, 0.1) is 12.7 Å². The van der Waals surface area contributed by atoms with Crippen molar-refractivity contribution in [3.63, 3.8) is 0 Å². The Labute approximate surface area is 157 Å². The highest BCUT2D eigenvalue weighted by molar-refractivity contribution is 5.93. The summed E-state index contributed by atoms with van der Waals surface area (Å²) in [5, 5.41) is 4.48. The summed E-state index contributed by atoms with van der Waals surface area (Å²) >= 11 is 0. The first-order chi connectivity index (χ1) is 13.1. The molecule has 27 heavy (non-hydrogen) atoms. The maximum atomic E-state index is 13.4. The summed E-state index contributed by atoms with van der Waals surface area (Å²) in [5.74, 6) is 0.467. The standard InChI is InChI=1S/C21H20FN3O2/c1-15-11-16(7-8-19(15)22)13-24-9-10-25-20(21(24)26)12-17(23-25)14-27-18-5-3-2-4-6-18/h2-8,11-12H,9-10,13-14H2,1H3. The molecule has 0 unspecified atom stereocenters. The van der Waals surface area contributed by atoms with Crippen molar-refractivity contribution in [1.82, 2.24) is 14.7 Å². The molecular weight excluding hydrogens is 345 g/mol. The van der Waals surface area contributed by atoms with E-state index in [0.29, 0.717) is 37.5 Å². The SMILES string of the molecule is Cc1cc(CN2CCn3nc(COc4ccccc4)cc3C2=O)ccc1F. The molecule has 0 saturated carbocycles. The predicted octanol–water partition coefficient (Wildman–Crippen LogP) is 3.57. The second kappa shape index (κ2) is 7.23. The second-order valence-corrected chi connectivity index (χ2v) is 6.66. The van der Waals surface area contributed by atoms with Gasteiger partial charge in [-0.25, -0.2) is 4.39 Å². The lowest BCUT2D eigenvalue weighted by molar-refractivity contribution is 0.0683. The molecule has 0 fully saturated rings. The van der Waals surface area contributed by atoms with E-state index in [1.54, 1.807) is 34.7 Å². The number of ether oxygens (including phenoxy) is 1. The Morgan fingerprint density at radius 1 is 1.11 bits per heavy atom. The van der Waals surface area contributed by atoms with Crippen LogP contribution in [-0.2, 0) is 19.7 Å². The van der Waals surface area contributed by atoms with Gasteiger partial charge in [-0.3, -0.25) is 9.48 Å². The van der Waals surface area contributed by atoms with Crippen LogP contribution >= 0.6 is 0 Å². The first-order valence-electron chi connectivity index (χ1n) is 8.89. The van der Waals surface area contributed by atoms with Crippen molar-refractivity contribution in [2.24, 2.45) is 0 Å². The molecule has 1 amide bonds. The van der Waals surface area contributed by atoms with Gasteiger partial charge in [-0.1, -0.05) is 30.3 Å². The number of hydrogen-bond donors (Lipinski definition) is 0. The number of aryl methyl sites for hydroxylation is 1. The van der Waals surface area contributed by atoms with Gasteiger partial charge in [0.15, 0.2) is 0 Å². The van der Waals surface area contributed by atoms with Crippen LogP contribution in [0.2, 0.25) is 0 Å². The molecule has 5 nitrogen and oxygen atoms in total. The van der Waals surface area contributed by atoms with E-state index < -0.39 is 0 Å². The van der Waals surface area contributed by atoms with Crippen molar-refractivity contribution in [2.45, 2.75) is 26.6 Å². The van der Waals surface area contributed by atoms with Gasteiger partial charge in [-0.15, -0.1) is 0 Å². The maximum absolute atomic E-state index is 13.4. The van der Waals surface area contributed by atoms with E-state index in [2.05, 4.69) is 5.10 Å². The molecule has 1 aromatic heterocycles. The number of hydrogen-bond acceptors (Lipinski definition) is 3. The van der Waals surface area contributed by atoms with E-state index in [1.807, 2.05) is 30.3 Å². The molecule has 0 radical (unpaired) electrons. The molecule has 6 heteroatoms. The van der Waals surface area contributed by atoms with Crippen molar-refractivity contribution >= 4 is 5.91 Å². The van der Waals surface area contributed by atoms with Gasteiger partial charge in [0, 0.05) is 13.1 Å². The van der Waals surface area contributed by atoms with Gasteiger partial charge in [0.05, 0.1) is 6.54 Å². The molecule has 0 atom stereocenters. The highest BCUT2D eigenvalue weighted by atomic mass is 19.1. The lowest BCUT2D eigenvalue weighted by Gasteiger charge is -2.27. The van der Waals surface area contributed by atoms with Crippen LogP contribution in [0.3, 0.4) is 0 Å². The Morgan fingerprint density at radius 3 is 2.70 bits per heavy atom. The summed E-state index contributed by atoms with van der Waals surface area (Å²) in [6.45, 7) is 3.70. The monoisotopic (exact) mass is 365 g/mol. The fraction of sp³-hybridized carbons (Fsp3) is 0.238. The van der Waals surface area contributed by atoms with E-state index in [9.17, 15) is 9.18 Å². The van der Waals surface area contributed by atoms with Crippen LogP contribution in [0.25, 0.3) is 0 Å². The Balaban J connectivity index is 1.45. The number of rotatable bonds is 5. The average molecular weight is 365 g/mol. The van der Waals surface area contributed by atoms with Crippen molar-refractivity contribution in [3.8, 4) is 5.75 Å². The molecule has 0 spiro atoms. The molecule has 3 aromatic rings. The number of nitrogens with zero attached hydrogens (tertiary/aromatic N) is 3. The zero-order valence-corrected chi connectivity index (χ0v) is 15.1. The van der Waals surface area contributed by atoms with Gasteiger partial charge in [0.1, 0.15) is 29.6 Å². The number of para-hydroxylation sites is 1. The van der Waals surface area contributed by atoms with E-state index in [0.717, 1.165) is 17.0 Å². The Hall–Kier alpha value is -3.15. The zero-order chi connectivity index (χ0) is 18.8. The second-order valence-electron chi connectivity index (χ2n) is 6.66. The summed E-state index contributed by atoms with van der Waals surface area (Å²) < 4.78 is 20.9. The number of amides is 1. The topological polar surface area (TPSA) is 47.4 Å². The van der Waals surface area contributed by atoms with Crippen LogP contribution < -0.4 is 4.74 Å². The summed E-state index contributed by atoms with van der Waals surface area (Å²) in [6.07, 6.45) is 0. The summed E-state index contributed by atoms with van der Waals surface area (Å²) in [4.78, 5) is 14.6. The van der Waals surface area contributed by atoms with Crippen molar-refractivity contribution in [3.05, 3.63) is 82.9 Å². The average Bonchev–Trinajstić information content (AvgIpc) is 3.10. The van der Waals surface area contributed by atoms with Crippen LogP contribution in [0.1, 0.15) is 27.3 Å². The third kappa shape index (κ3) is 3.69. The normalized spacial score (nSPS) is 13.6. The maximum Gasteiger partial charge on any atom is 0.272 e. The fourth-order valence-corrected chi connectivity index (χ4v) is 3.21. The molecule has 0 saturated heterocycles. The molecule has 0 N–H and O–H groups in total. The van der Waals surface area contributed by atoms with Crippen LogP contribution in [0.15, 0.2) is 54.6 Å². The van der Waals surface area contributed by atoms with Crippen molar-refractivity contribution in [2.75, 3.05) is 6.54 Å². The van der Waals surface area contributed by atoms with E-state index in [4.69, 9.17) is 4.74 Å². The summed E-state index contributed by atoms with van der Waals surface area (Å²) in [6, 6.07) is 16.3. The minimum absolute atomic E-state index is 0.0679. The smallest absolute Gasteiger partial charge is 0.272 e. The fourth-order valence-electron chi connectivity index (χ4n) is 3.21. The van der Waals surface area contributed by atoms with Gasteiger partial charge < -0.3 is 9.64 Å². The van der Waals surface area contributed by atoms with Crippen LogP contribution in [-0.4, -0.2) is 27.1 Å². The number of benzene rings is 2. The molecule has 1 aliphatic rings. The number of carbonyl (C=O) groups excluding carboxylic acids is 1. The summed E-state index contributed by atoms with van der Waals surface area (Å²) in [7, 11) is 0. The van der Waals surface area contributed by atoms with Gasteiger partial charge in [0.2, 0.25) is 0 Å². The Morgan fingerprint density at radius 2 is 1.93 bits per heavy atom. The number of halogens is 1. The van der Waals surface area contributed by atoms with Gasteiger partial charge >= 0.3 is 0 Å². The van der Waals surface area contributed by atoms with Crippen LogP contribution in [0.5, 0.6) is 5.75 Å². The predicted molar refractivity (Wildman–Crippen MR) is 98.9 cm³/mol. The summed E-state index contributed by atoms with van der Waals surface area (Å²) in [5.41, 5.74) is 2.79. The van der Waals surface area contributed by atoms with Gasteiger partial charge in [-0.05, 0) is 42.3 Å². The Kier molecular flexibility index (Phi) is 4.62. The Bertz CT molecular complexity index is 969. The number of fused-ring (bicyclic) bond motifs is 1. The first kappa shape index (κ1) is 17.3. The third-order valence-electron chi connectivity index (χ3n) is 4.64. The lowest BCUT2D eigenvalue weighted by Crippen LogP contribution is -2.39. The molecule has 1 aliphatic heterocycles. The quantitative estimate of drug-likeness (QED) is 0.695. The number of carbonyl (C=O) groups is 1. The minimum Gasteiger partial charge on any atom is -0.487 e. The van der Waals surface area contributed by atoms with E-state index >= 15 is 0 Å². The van der Waals surface area contributed by atoms with Gasteiger partial charge in [-0.2, -0.15) is 5.10 Å². The van der Waals surface area contributed by atoms with E-state index in [-0.39, 0.29) is 11.7 Å². The molecule has 0 bridgehead atoms. The molecule has 2 aromatic carbocycles. The molecule has 2 heterocycles. The molecular formula is C21H20FN3O2. The van der Waals surface area contributed by atoms with E-state index in [1.165, 1.54) is 6.07 Å². The lowest BCUT2D eigenvalue weighted by atomic mass is 10.1. The zero-order valence-electron chi connectivity index (χ0n) is 15.1. The minimum atomic E-state index is -0.232. The number of aromatic nitrogens is 2. The molecule has 138 valence electrons. The molecule has 0 aliphatic carbocycles. The highest BCUT2D eigenvalue weighted by Gasteiger charge is 2.26. The first-order valence-corrected chi connectivity index (χ1v) is 8.89. The van der Waals surface area contributed by atoms with Crippen molar-refractivity contribution in [1.29, 1.82) is 0 Å². The van der Waals surface area contributed by atoms with Crippen LogP contribution in [0.4, 0.5) is 4.39 Å².